The zero-order valence-corrected chi connectivity index (χ0v) is 21.9. The van der Waals surface area contributed by atoms with Gasteiger partial charge in [0.05, 0.1) is 5.39 Å². The number of thiophene rings is 1. The molecule has 0 unspecified atom stereocenters. The maximum atomic E-state index is 12.8. The molecular weight excluding hydrogens is 476 g/mol. The SMILES string of the molecule is O=C(/C=C/c1ccccc1)N1CCN(c2nc(CCc3ccccc3)nc3sc4c(c23)CCCC4)CC1. The number of hydrogen-bond donors (Lipinski definition) is 0. The lowest BCUT2D eigenvalue weighted by Crippen LogP contribution is -2.48. The third-order valence-electron chi connectivity index (χ3n) is 7.43. The Balaban J connectivity index is 1.22. The molecular formula is C31H32N4OS. The zero-order chi connectivity index (χ0) is 25.0. The second kappa shape index (κ2) is 10.9. The van der Waals surface area contributed by atoms with Crippen LogP contribution in [-0.4, -0.2) is 47.0 Å². The molecule has 1 fully saturated rings. The van der Waals surface area contributed by atoms with E-state index >= 15 is 0 Å². The van der Waals surface area contributed by atoms with E-state index in [0.717, 1.165) is 60.8 Å². The van der Waals surface area contributed by atoms with Crippen molar-refractivity contribution in [3.8, 4) is 0 Å². The second-order valence-electron chi connectivity index (χ2n) is 9.90. The quantitative estimate of drug-likeness (QED) is 0.313. The molecule has 0 atom stereocenters. The summed E-state index contributed by atoms with van der Waals surface area (Å²) in [5.74, 6) is 2.08. The number of rotatable bonds is 6. The Bertz CT molecular complexity index is 1410. The van der Waals surface area contributed by atoms with Crippen molar-refractivity contribution in [3.05, 3.63) is 94.1 Å². The van der Waals surface area contributed by atoms with Crippen molar-refractivity contribution >= 4 is 39.4 Å². The number of aromatic nitrogens is 2. The van der Waals surface area contributed by atoms with Crippen LogP contribution in [0.1, 0.15) is 40.2 Å². The monoisotopic (exact) mass is 508 g/mol. The Morgan fingerprint density at radius 3 is 2.38 bits per heavy atom. The van der Waals surface area contributed by atoms with Crippen LogP contribution in [0.5, 0.6) is 0 Å². The van der Waals surface area contributed by atoms with Gasteiger partial charge in [-0.3, -0.25) is 4.79 Å². The highest BCUT2D eigenvalue weighted by Gasteiger charge is 2.27. The Labute approximate surface area is 222 Å². The van der Waals surface area contributed by atoms with Gasteiger partial charge in [0.2, 0.25) is 5.91 Å². The summed E-state index contributed by atoms with van der Waals surface area (Å²) in [4.78, 5) is 30.1. The highest BCUT2D eigenvalue weighted by atomic mass is 32.1. The lowest BCUT2D eigenvalue weighted by atomic mass is 9.96. The fourth-order valence-electron chi connectivity index (χ4n) is 5.40. The zero-order valence-electron chi connectivity index (χ0n) is 21.1. The number of aryl methyl sites for hydroxylation is 4. The van der Waals surface area contributed by atoms with Crippen LogP contribution >= 0.6 is 11.3 Å². The first-order chi connectivity index (χ1) is 18.2. The van der Waals surface area contributed by atoms with Crippen molar-refractivity contribution in [2.45, 2.75) is 38.5 Å². The predicted molar refractivity (Wildman–Crippen MR) is 152 cm³/mol. The van der Waals surface area contributed by atoms with Crippen molar-refractivity contribution in [1.82, 2.24) is 14.9 Å². The molecule has 0 N–H and O–H groups in total. The van der Waals surface area contributed by atoms with Crippen molar-refractivity contribution in [2.24, 2.45) is 0 Å². The molecule has 188 valence electrons. The molecule has 2 aromatic heterocycles. The van der Waals surface area contributed by atoms with Gasteiger partial charge in [-0.1, -0.05) is 60.7 Å². The number of anilines is 1. The molecule has 6 rings (SSSR count). The molecule has 3 heterocycles. The normalized spacial score (nSPS) is 15.9. The van der Waals surface area contributed by atoms with Gasteiger partial charge in [-0.2, -0.15) is 0 Å². The minimum atomic E-state index is 0.0767. The summed E-state index contributed by atoms with van der Waals surface area (Å²) >= 11 is 1.87. The summed E-state index contributed by atoms with van der Waals surface area (Å²) < 4.78 is 0. The number of benzene rings is 2. The van der Waals surface area contributed by atoms with E-state index in [1.165, 1.54) is 34.2 Å². The van der Waals surface area contributed by atoms with E-state index in [1.54, 1.807) is 6.08 Å². The first kappa shape index (κ1) is 23.9. The Kier molecular flexibility index (Phi) is 7.00. The van der Waals surface area contributed by atoms with Crippen molar-refractivity contribution in [3.63, 3.8) is 0 Å². The summed E-state index contributed by atoms with van der Waals surface area (Å²) in [6, 6.07) is 20.6. The van der Waals surface area contributed by atoms with Gasteiger partial charge in [0, 0.05) is 43.6 Å². The van der Waals surface area contributed by atoms with E-state index in [1.807, 2.05) is 52.6 Å². The van der Waals surface area contributed by atoms with Gasteiger partial charge in [0.1, 0.15) is 16.5 Å². The van der Waals surface area contributed by atoms with Crippen LogP contribution in [0.25, 0.3) is 16.3 Å². The average molecular weight is 509 g/mol. The van der Waals surface area contributed by atoms with Crippen molar-refractivity contribution in [2.75, 3.05) is 31.1 Å². The van der Waals surface area contributed by atoms with E-state index in [4.69, 9.17) is 9.97 Å². The maximum absolute atomic E-state index is 12.8. The molecule has 0 bridgehead atoms. The lowest BCUT2D eigenvalue weighted by molar-refractivity contribution is -0.126. The summed E-state index contributed by atoms with van der Waals surface area (Å²) in [6.07, 6.45) is 10.2. The molecule has 4 aromatic rings. The number of nitrogens with zero attached hydrogens (tertiary/aromatic N) is 4. The highest BCUT2D eigenvalue weighted by molar-refractivity contribution is 7.19. The highest BCUT2D eigenvalue weighted by Crippen LogP contribution is 2.40. The minimum Gasteiger partial charge on any atom is -0.352 e. The molecule has 0 saturated carbocycles. The lowest BCUT2D eigenvalue weighted by Gasteiger charge is -2.35. The molecule has 1 aliphatic carbocycles. The number of carbonyl (C=O) groups is 1. The smallest absolute Gasteiger partial charge is 0.246 e. The van der Waals surface area contributed by atoms with Crippen molar-refractivity contribution in [1.29, 1.82) is 0 Å². The standard InChI is InChI=1S/C31H32N4OS/c36-28(18-16-24-11-5-2-6-12-24)34-19-21-35(22-20-34)30-29-25-13-7-8-14-26(25)37-31(29)33-27(32-30)17-15-23-9-3-1-4-10-23/h1-6,9-12,16,18H,7-8,13-15,17,19-22H2/b18-16+. The number of hydrogen-bond acceptors (Lipinski definition) is 5. The van der Waals surface area contributed by atoms with Crippen molar-refractivity contribution < 1.29 is 4.79 Å². The number of carbonyl (C=O) groups excluding carboxylic acids is 1. The molecule has 1 amide bonds. The molecule has 6 heteroatoms. The predicted octanol–water partition coefficient (Wildman–Crippen LogP) is 5.72. The van der Waals surface area contributed by atoms with Gasteiger partial charge in [-0.05, 0) is 54.9 Å². The van der Waals surface area contributed by atoms with E-state index < -0.39 is 0 Å². The summed E-state index contributed by atoms with van der Waals surface area (Å²) in [7, 11) is 0. The van der Waals surface area contributed by atoms with Gasteiger partial charge < -0.3 is 9.80 Å². The summed E-state index contributed by atoms with van der Waals surface area (Å²) in [6.45, 7) is 2.99. The second-order valence-corrected chi connectivity index (χ2v) is 11.0. The van der Waals surface area contributed by atoms with E-state index in [9.17, 15) is 4.79 Å². The van der Waals surface area contributed by atoms with Gasteiger partial charge in [0.25, 0.3) is 0 Å². The van der Waals surface area contributed by atoms with Crippen LogP contribution in [0.2, 0.25) is 0 Å². The number of amides is 1. The molecule has 5 nitrogen and oxygen atoms in total. The third-order valence-corrected chi connectivity index (χ3v) is 8.62. The summed E-state index contributed by atoms with van der Waals surface area (Å²) in [5, 5.41) is 1.27. The number of fused-ring (bicyclic) bond motifs is 3. The molecule has 0 radical (unpaired) electrons. The fraction of sp³-hybridized carbons (Fsp3) is 0.323. The van der Waals surface area contributed by atoms with Gasteiger partial charge in [0.15, 0.2) is 0 Å². The van der Waals surface area contributed by atoms with Crippen LogP contribution in [0.3, 0.4) is 0 Å². The molecule has 1 saturated heterocycles. The van der Waals surface area contributed by atoms with Crippen LogP contribution < -0.4 is 4.90 Å². The Morgan fingerprint density at radius 1 is 0.865 bits per heavy atom. The minimum absolute atomic E-state index is 0.0767. The third kappa shape index (κ3) is 5.30. The van der Waals surface area contributed by atoms with Gasteiger partial charge >= 0.3 is 0 Å². The van der Waals surface area contributed by atoms with Gasteiger partial charge in [-0.15, -0.1) is 11.3 Å². The average Bonchev–Trinajstić information content (AvgIpc) is 3.34. The molecule has 0 spiro atoms. The van der Waals surface area contributed by atoms with E-state index in [2.05, 4.69) is 35.2 Å². The molecule has 37 heavy (non-hydrogen) atoms. The fourth-order valence-corrected chi connectivity index (χ4v) is 6.67. The number of piperazine rings is 1. The first-order valence-electron chi connectivity index (χ1n) is 13.4. The Morgan fingerprint density at radius 2 is 1.59 bits per heavy atom. The van der Waals surface area contributed by atoms with E-state index in [-0.39, 0.29) is 5.91 Å². The van der Waals surface area contributed by atoms with E-state index in [0.29, 0.717) is 13.1 Å². The van der Waals surface area contributed by atoms with Crippen LogP contribution in [0, 0.1) is 0 Å². The van der Waals surface area contributed by atoms with Crippen LogP contribution in [-0.2, 0) is 30.5 Å². The Hall–Kier alpha value is -3.51. The largest absolute Gasteiger partial charge is 0.352 e. The van der Waals surface area contributed by atoms with Crippen LogP contribution in [0.15, 0.2) is 66.7 Å². The first-order valence-corrected chi connectivity index (χ1v) is 14.2. The van der Waals surface area contributed by atoms with Gasteiger partial charge in [-0.25, -0.2) is 9.97 Å². The summed E-state index contributed by atoms with van der Waals surface area (Å²) in [5.41, 5.74) is 3.83. The maximum Gasteiger partial charge on any atom is 0.246 e. The topological polar surface area (TPSA) is 49.3 Å². The van der Waals surface area contributed by atoms with Crippen LogP contribution in [0.4, 0.5) is 5.82 Å². The molecule has 2 aliphatic rings. The molecule has 1 aliphatic heterocycles. The molecule has 2 aromatic carbocycles.